The van der Waals surface area contributed by atoms with Gasteiger partial charge in [0.1, 0.15) is 24.0 Å². The van der Waals surface area contributed by atoms with Crippen molar-refractivity contribution in [3.8, 4) is 5.75 Å². The van der Waals surface area contributed by atoms with Crippen molar-refractivity contribution in [2.75, 3.05) is 0 Å². The van der Waals surface area contributed by atoms with Crippen LogP contribution in [0.4, 0.5) is 0 Å². The molecule has 3 atom stereocenters. The van der Waals surface area contributed by atoms with Crippen LogP contribution in [0.3, 0.4) is 0 Å². The predicted octanol–water partition coefficient (Wildman–Crippen LogP) is 1.94. The average Bonchev–Trinajstić information content (AvgIpc) is 2.83. The zero-order valence-electron chi connectivity index (χ0n) is 9.52. The molecule has 3 rings (SSSR count). The van der Waals surface area contributed by atoms with Crippen molar-refractivity contribution >= 4 is 0 Å². The Balaban J connectivity index is 2.04. The van der Waals surface area contributed by atoms with E-state index in [4.69, 9.17) is 4.74 Å². The van der Waals surface area contributed by atoms with Crippen LogP contribution in [0.25, 0.3) is 0 Å². The number of para-hydroxylation sites is 1. The standard InChI is InChI=1S/C13H14N2O2/c1-9-12(15-7-6-14-8-15)13(16)10-4-2-3-5-11(10)17-9/h2-9,12-13,16H,1H3. The molecule has 4 nitrogen and oxygen atoms in total. The van der Waals surface area contributed by atoms with Crippen molar-refractivity contribution in [1.29, 1.82) is 0 Å². The fourth-order valence-corrected chi connectivity index (χ4v) is 2.39. The fraction of sp³-hybridized carbons (Fsp3) is 0.308. The second-order valence-corrected chi connectivity index (χ2v) is 4.31. The maximum atomic E-state index is 10.4. The van der Waals surface area contributed by atoms with Crippen molar-refractivity contribution < 1.29 is 9.84 Å². The van der Waals surface area contributed by atoms with Crippen molar-refractivity contribution in [3.05, 3.63) is 48.5 Å². The third-order valence-electron chi connectivity index (χ3n) is 3.22. The Kier molecular flexibility index (Phi) is 2.37. The van der Waals surface area contributed by atoms with Crippen molar-refractivity contribution in [3.63, 3.8) is 0 Å². The van der Waals surface area contributed by atoms with E-state index in [-0.39, 0.29) is 12.1 Å². The maximum Gasteiger partial charge on any atom is 0.125 e. The van der Waals surface area contributed by atoms with Gasteiger partial charge in [0.05, 0.1) is 6.33 Å². The first-order valence-electron chi connectivity index (χ1n) is 5.68. The Hall–Kier alpha value is -1.81. The molecule has 17 heavy (non-hydrogen) atoms. The van der Waals surface area contributed by atoms with Crippen LogP contribution >= 0.6 is 0 Å². The van der Waals surface area contributed by atoms with Gasteiger partial charge in [-0.25, -0.2) is 4.98 Å². The van der Waals surface area contributed by atoms with E-state index in [1.54, 1.807) is 12.5 Å². The molecule has 1 aromatic heterocycles. The molecule has 0 radical (unpaired) electrons. The van der Waals surface area contributed by atoms with E-state index in [9.17, 15) is 5.11 Å². The lowest BCUT2D eigenvalue weighted by Crippen LogP contribution is -2.35. The Morgan fingerprint density at radius 1 is 1.35 bits per heavy atom. The Bertz CT molecular complexity index is 510. The van der Waals surface area contributed by atoms with Gasteiger partial charge in [-0.15, -0.1) is 0 Å². The molecule has 0 spiro atoms. The van der Waals surface area contributed by atoms with E-state index in [1.165, 1.54) is 0 Å². The quantitative estimate of drug-likeness (QED) is 0.814. The summed E-state index contributed by atoms with van der Waals surface area (Å²) in [5, 5.41) is 10.4. The van der Waals surface area contributed by atoms with Crippen LogP contribution in [-0.2, 0) is 0 Å². The molecule has 2 aromatic rings. The highest BCUT2D eigenvalue weighted by molar-refractivity contribution is 5.38. The van der Waals surface area contributed by atoms with Crippen LogP contribution < -0.4 is 4.74 Å². The molecule has 0 bridgehead atoms. The minimum atomic E-state index is -0.566. The summed E-state index contributed by atoms with van der Waals surface area (Å²) in [5.74, 6) is 0.767. The smallest absolute Gasteiger partial charge is 0.125 e. The van der Waals surface area contributed by atoms with E-state index in [1.807, 2.05) is 42.0 Å². The second kappa shape index (κ2) is 3.89. The SMILES string of the molecule is CC1Oc2ccccc2C(O)C1n1ccnc1. The predicted molar refractivity (Wildman–Crippen MR) is 62.8 cm³/mol. The minimum Gasteiger partial charge on any atom is -0.488 e. The summed E-state index contributed by atoms with van der Waals surface area (Å²) in [7, 11) is 0. The second-order valence-electron chi connectivity index (χ2n) is 4.31. The molecule has 0 saturated carbocycles. The first-order valence-corrected chi connectivity index (χ1v) is 5.68. The molecule has 1 aromatic carbocycles. The van der Waals surface area contributed by atoms with E-state index in [2.05, 4.69) is 4.98 Å². The highest BCUT2D eigenvalue weighted by Crippen LogP contribution is 2.40. The topological polar surface area (TPSA) is 47.3 Å². The lowest BCUT2D eigenvalue weighted by Gasteiger charge is -2.36. The molecule has 1 aliphatic heterocycles. The highest BCUT2D eigenvalue weighted by atomic mass is 16.5. The summed E-state index contributed by atoms with van der Waals surface area (Å²) < 4.78 is 7.72. The molecule has 88 valence electrons. The van der Waals surface area contributed by atoms with E-state index in [0.29, 0.717) is 0 Å². The maximum absolute atomic E-state index is 10.4. The van der Waals surface area contributed by atoms with Gasteiger partial charge in [0.15, 0.2) is 0 Å². The molecule has 0 fully saturated rings. The molecule has 0 saturated heterocycles. The third kappa shape index (κ3) is 1.61. The molecule has 0 amide bonds. The Morgan fingerprint density at radius 3 is 2.94 bits per heavy atom. The number of fused-ring (bicyclic) bond motifs is 1. The summed E-state index contributed by atoms with van der Waals surface area (Å²) in [6.07, 6.45) is 4.61. The van der Waals surface area contributed by atoms with E-state index >= 15 is 0 Å². The van der Waals surface area contributed by atoms with Crippen LogP contribution in [0.1, 0.15) is 24.6 Å². The highest BCUT2D eigenvalue weighted by Gasteiger charge is 2.35. The summed E-state index contributed by atoms with van der Waals surface area (Å²) >= 11 is 0. The third-order valence-corrected chi connectivity index (χ3v) is 3.22. The van der Waals surface area contributed by atoms with Crippen LogP contribution in [0.2, 0.25) is 0 Å². The number of nitrogens with zero attached hydrogens (tertiary/aromatic N) is 2. The van der Waals surface area contributed by atoms with Crippen LogP contribution in [0, 0.1) is 0 Å². The Morgan fingerprint density at radius 2 is 2.18 bits per heavy atom. The van der Waals surface area contributed by atoms with E-state index in [0.717, 1.165) is 11.3 Å². The van der Waals surface area contributed by atoms with Gasteiger partial charge in [-0.2, -0.15) is 0 Å². The largest absolute Gasteiger partial charge is 0.488 e. The summed E-state index contributed by atoms with van der Waals surface area (Å²) in [6, 6.07) is 7.48. The van der Waals surface area contributed by atoms with Gasteiger partial charge in [0.25, 0.3) is 0 Å². The number of rotatable bonds is 1. The normalized spacial score (nSPS) is 27.3. The number of aliphatic hydroxyl groups excluding tert-OH is 1. The molecule has 1 N–H and O–H groups in total. The van der Waals surface area contributed by atoms with Gasteiger partial charge in [-0.1, -0.05) is 18.2 Å². The Labute approximate surface area is 99.5 Å². The molecule has 3 unspecified atom stereocenters. The molecule has 0 aliphatic carbocycles. The lowest BCUT2D eigenvalue weighted by atomic mass is 9.94. The molecular weight excluding hydrogens is 216 g/mol. The average molecular weight is 230 g/mol. The molecule has 1 aliphatic rings. The first kappa shape index (κ1) is 10.4. The number of hydrogen-bond donors (Lipinski definition) is 1. The van der Waals surface area contributed by atoms with Gasteiger partial charge < -0.3 is 14.4 Å². The van der Waals surface area contributed by atoms with Crippen molar-refractivity contribution in [1.82, 2.24) is 9.55 Å². The zero-order valence-corrected chi connectivity index (χ0v) is 9.52. The molecule has 2 heterocycles. The monoisotopic (exact) mass is 230 g/mol. The summed E-state index contributed by atoms with van der Waals surface area (Å²) in [5.41, 5.74) is 0.837. The number of aromatic nitrogens is 2. The van der Waals surface area contributed by atoms with Crippen LogP contribution in [0.15, 0.2) is 43.0 Å². The number of aliphatic hydroxyl groups is 1. The van der Waals surface area contributed by atoms with Gasteiger partial charge in [-0.05, 0) is 13.0 Å². The first-order chi connectivity index (χ1) is 8.27. The van der Waals surface area contributed by atoms with Crippen molar-refractivity contribution in [2.45, 2.75) is 25.2 Å². The van der Waals surface area contributed by atoms with Gasteiger partial charge >= 0.3 is 0 Å². The summed E-state index contributed by atoms with van der Waals surface area (Å²) in [4.78, 5) is 4.02. The van der Waals surface area contributed by atoms with Gasteiger partial charge in [-0.3, -0.25) is 0 Å². The minimum absolute atomic E-state index is 0.0888. The molecular formula is C13H14N2O2. The van der Waals surface area contributed by atoms with Crippen LogP contribution in [-0.4, -0.2) is 20.8 Å². The zero-order chi connectivity index (χ0) is 11.8. The van der Waals surface area contributed by atoms with Gasteiger partial charge in [0.2, 0.25) is 0 Å². The fourth-order valence-electron chi connectivity index (χ4n) is 2.39. The van der Waals surface area contributed by atoms with Crippen molar-refractivity contribution in [2.24, 2.45) is 0 Å². The number of hydrogen-bond acceptors (Lipinski definition) is 3. The van der Waals surface area contributed by atoms with E-state index < -0.39 is 6.10 Å². The number of imidazole rings is 1. The number of ether oxygens (including phenoxy) is 1. The lowest BCUT2D eigenvalue weighted by molar-refractivity contribution is 0.0151. The van der Waals surface area contributed by atoms with Gasteiger partial charge in [0, 0.05) is 18.0 Å². The summed E-state index contributed by atoms with van der Waals surface area (Å²) in [6.45, 7) is 1.96. The number of benzene rings is 1. The van der Waals surface area contributed by atoms with Crippen LogP contribution in [0.5, 0.6) is 5.75 Å². The molecule has 4 heteroatoms.